The summed E-state index contributed by atoms with van der Waals surface area (Å²) in [6.07, 6.45) is 0. The summed E-state index contributed by atoms with van der Waals surface area (Å²) >= 11 is 0. The Morgan fingerprint density at radius 2 is 1.48 bits per heavy atom. The molecule has 0 atom stereocenters. The molecule has 0 unspecified atom stereocenters. The number of rotatable bonds is 3. The third-order valence-electron chi connectivity index (χ3n) is 5.04. The van der Waals surface area contributed by atoms with Crippen molar-refractivity contribution in [2.45, 2.75) is 13.8 Å². The summed E-state index contributed by atoms with van der Waals surface area (Å²) in [6, 6.07) is 16.3. The van der Waals surface area contributed by atoms with Gasteiger partial charge in [-0.2, -0.15) is 0 Å². The Morgan fingerprint density at radius 3 is 2.11 bits per heavy atom. The molecule has 0 saturated carbocycles. The molecule has 1 aliphatic rings. The standard InChI is InChI=1S/C22H18N2O3/c1-13-6-3-11-18(14(13)2)23-19(25)12-24-21(26)16-9-4-7-15-8-5-10-17(20(15)16)22(24)27/h3-11H,12H2,1-2H3,(H,23,25). The highest BCUT2D eigenvalue weighted by atomic mass is 16.2. The number of nitrogens with zero attached hydrogens (tertiary/aromatic N) is 1. The number of nitrogens with one attached hydrogen (secondary N) is 1. The van der Waals surface area contributed by atoms with Crippen LogP contribution in [0, 0.1) is 13.8 Å². The lowest BCUT2D eigenvalue weighted by atomic mass is 9.94. The van der Waals surface area contributed by atoms with Gasteiger partial charge in [0.05, 0.1) is 0 Å². The van der Waals surface area contributed by atoms with Gasteiger partial charge in [0.25, 0.3) is 11.8 Å². The summed E-state index contributed by atoms with van der Waals surface area (Å²) in [6.45, 7) is 3.55. The van der Waals surface area contributed by atoms with E-state index in [1.165, 1.54) is 0 Å². The zero-order valence-corrected chi connectivity index (χ0v) is 15.1. The fourth-order valence-electron chi connectivity index (χ4n) is 3.44. The average molecular weight is 358 g/mol. The smallest absolute Gasteiger partial charge is 0.261 e. The Balaban J connectivity index is 1.64. The minimum absolute atomic E-state index is 0.324. The number of carbonyl (C=O) groups is 3. The van der Waals surface area contributed by atoms with Crippen molar-refractivity contribution in [3.05, 3.63) is 76.9 Å². The van der Waals surface area contributed by atoms with Gasteiger partial charge in [0.2, 0.25) is 5.91 Å². The van der Waals surface area contributed by atoms with E-state index >= 15 is 0 Å². The number of carbonyl (C=O) groups excluding carboxylic acids is 3. The first-order valence-corrected chi connectivity index (χ1v) is 8.71. The molecule has 3 aromatic carbocycles. The van der Waals surface area contributed by atoms with E-state index < -0.39 is 17.7 Å². The van der Waals surface area contributed by atoms with Gasteiger partial charge in [-0.1, -0.05) is 36.4 Å². The summed E-state index contributed by atoms with van der Waals surface area (Å²) in [5.41, 5.74) is 3.58. The molecule has 1 aliphatic heterocycles. The summed E-state index contributed by atoms with van der Waals surface area (Å²) in [5, 5.41) is 4.30. The predicted octanol–water partition coefficient (Wildman–Crippen LogP) is 3.69. The van der Waals surface area contributed by atoms with Gasteiger partial charge in [0.1, 0.15) is 6.54 Å². The van der Waals surface area contributed by atoms with Crippen LogP contribution in [0.1, 0.15) is 31.8 Å². The van der Waals surface area contributed by atoms with Crippen molar-refractivity contribution in [1.82, 2.24) is 4.90 Å². The quantitative estimate of drug-likeness (QED) is 0.726. The lowest BCUT2D eigenvalue weighted by molar-refractivity contribution is -0.116. The van der Waals surface area contributed by atoms with Gasteiger partial charge in [-0.15, -0.1) is 0 Å². The number of anilines is 1. The van der Waals surface area contributed by atoms with E-state index in [4.69, 9.17) is 0 Å². The molecular weight excluding hydrogens is 340 g/mol. The minimum Gasteiger partial charge on any atom is -0.324 e. The first-order valence-electron chi connectivity index (χ1n) is 8.71. The number of hydrogen-bond acceptors (Lipinski definition) is 3. The van der Waals surface area contributed by atoms with Crippen molar-refractivity contribution in [3.63, 3.8) is 0 Å². The highest BCUT2D eigenvalue weighted by molar-refractivity contribution is 6.26. The van der Waals surface area contributed by atoms with Crippen molar-refractivity contribution in [2.24, 2.45) is 0 Å². The van der Waals surface area contributed by atoms with E-state index in [0.29, 0.717) is 22.2 Å². The monoisotopic (exact) mass is 358 g/mol. The fourth-order valence-corrected chi connectivity index (χ4v) is 3.44. The molecule has 27 heavy (non-hydrogen) atoms. The van der Waals surface area contributed by atoms with Crippen molar-refractivity contribution in [1.29, 1.82) is 0 Å². The molecule has 134 valence electrons. The maximum Gasteiger partial charge on any atom is 0.261 e. The van der Waals surface area contributed by atoms with E-state index in [0.717, 1.165) is 21.4 Å². The Kier molecular flexibility index (Phi) is 4.00. The van der Waals surface area contributed by atoms with Crippen LogP contribution in [-0.4, -0.2) is 29.2 Å². The Bertz CT molecular complexity index is 1070. The van der Waals surface area contributed by atoms with Crippen LogP contribution >= 0.6 is 0 Å². The molecule has 5 nitrogen and oxygen atoms in total. The molecule has 1 N–H and O–H groups in total. The molecule has 3 aromatic rings. The molecule has 0 fully saturated rings. The van der Waals surface area contributed by atoms with Gasteiger partial charge in [-0.05, 0) is 48.6 Å². The number of aryl methyl sites for hydroxylation is 1. The van der Waals surface area contributed by atoms with Crippen LogP contribution in [0.3, 0.4) is 0 Å². The van der Waals surface area contributed by atoms with E-state index in [-0.39, 0.29) is 6.54 Å². The molecule has 0 saturated heterocycles. The van der Waals surface area contributed by atoms with Crippen molar-refractivity contribution in [2.75, 3.05) is 11.9 Å². The largest absolute Gasteiger partial charge is 0.324 e. The molecule has 0 aromatic heterocycles. The first kappa shape index (κ1) is 17.0. The minimum atomic E-state index is -0.444. The van der Waals surface area contributed by atoms with Crippen LogP contribution in [0.15, 0.2) is 54.6 Å². The summed E-state index contributed by atoms with van der Waals surface area (Å²) in [5.74, 6) is -1.29. The second-order valence-corrected chi connectivity index (χ2v) is 6.70. The van der Waals surface area contributed by atoms with Crippen molar-refractivity contribution < 1.29 is 14.4 Å². The average Bonchev–Trinajstić information content (AvgIpc) is 2.67. The molecule has 5 heteroatoms. The van der Waals surface area contributed by atoms with Crippen LogP contribution in [0.25, 0.3) is 10.8 Å². The number of hydrogen-bond donors (Lipinski definition) is 1. The van der Waals surface area contributed by atoms with Crippen molar-refractivity contribution >= 4 is 34.2 Å². The van der Waals surface area contributed by atoms with Crippen LogP contribution in [0.5, 0.6) is 0 Å². The number of amides is 3. The van der Waals surface area contributed by atoms with E-state index in [1.807, 2.05) is 38.1 Å². The summed E-state index contributed by atoms with van der Waals surface area (Å²) < 4.78 is 0. The van der Waals surface area contributed by atoms with E-state index in [9.17, 15) is 14.4 Å². The molecule has 0 bridgehead atoms. The molecule has 0 spiro atoms. The van der Waals surface area contributed by atoms with Crippen LogP contribution < -0.4 is 5.32 Å². The maximum atomic E-state index is 12.8. The molecule has 3 amide bonds. The van der Waals surface area contributed by atoms with Gasteiger partial charge in [-0.3, -0.25) is 19.3 Å². The van der Waals surface area contributed by atoms with Gasteiger partial charge < -0.3 is 5.32 Å². The zero-order valence-electron chi connectivity index (χ0n) is 15.1. The Morgan fingerprint density at radius 1 is 0.889 bits per heavy atom. The molecule has 4 rings (SSSR count). The third kappa shape index (κ3) is 2.77. The lowest BCUT2D eigenvalue weighted by Gasteiger charge is -2.26. The maximum absolute atomic E-state index is 12.8. The lowest BCUT2D eigenvalue weighted by Crippen LogP contribution is -2.44. The molecule has 0 aliphatic carbocycles. The molecule has 0 radical (unpaired) electrons. The normalized spacial score (nSPS) is 13.2. The van der Waals surface area contributed by atoms with Crippen molar-refractivity contribution in [3.8, 4) is 0 Å². The van der Waals surface area contributed by atoms with Gasteiger partial charge in [0, 0.05) is 22.2 Å². The predicted molar refractivity (Wildman–Crippen MR) is 104 cm³/mol. The second kappa shape index (κ2) is 6.36. The highest BCUT2D eigenvalue weighted by Gasteiger charge is 2.33. The molecular formula is C22H18N2O3. The Hall–Kier alpha value is -3.47. The van der Waals surface area contributed by atoms with Crippen LogP contribution in [-0.2, 0) is 4.79 Å². The molecule has 1 heterocycles. The summed E-state index contributed by atoms with van der Waals surface area (Å²) in [7, 11) is 0. The Labute approximate surface area is 156 Å². The van der Waals surface area contributed by atoms with Gasteiger partial charge in [-0.25, -0.2) is 0 Å². The van der Waals surface area contributed by atoms with E-state index in [1.54, 1.807) is 30.3 Å². The number of imide groups is 1. The van der Waals surface area contributed by atoms with Gasteiger partial charge >= 0.3 is 0 Å². The topological polar surface area (TPSA) is 66.5 Å². The third-order valence-corrected chi connectivity index (χ3v) is 5.04. The van der Waals surface area contributed by atoms with Crippen LogP contribution in [0.4, 0.5) is 5.69 Å². The van der Waals surface area contributed by atoms with E-state index in [2.05, 4.69) is 5.32 Å². The summed E-state index contributed by atoms with van der Waals surface area (Å²) in [4.78, 5) is 39.2. The zero-order chi connectivity index (χ0) is 19.1. The highest BCUT2D eigenvalue weighted by Crippen LogP contribution is 2.30. The van der Waals surface area contributed by atoms with Gasteiger partial charge in [0.15, 0.2) is 0 Å². The fraction of sp³-hybridized carbons (Fsp3) is 0.136. The van der Waals surface area contributed by atoms with Crippen LogP contribution in [0.2, 0.25) is 0 Å². The first-order chi connectivity index (χ1) is 13.0. The SMILES string of the molecule is Cc1cccc(NC(=O)CN2C(=O)c3cccc4cccc(c34)C2=O)c1C. The number of benzene rings is 3. The second-order valence-electron chi connectivity index (χ2n) is 6.70.